The summed E-state index contributed by atoms with van der Waals surface area (Å²) in [6, 6.07) is 0. The maximum atomic E-state index is 10.8. The number of hydrogen-bond acceptors (Lipinski definition) is 4. The van der Waals surface area contributed by atoms with E-state index in [1.807, 2.05) is 0 Å². The molecule has 11 heavy (non-hydrogen) atoms. The standard InChI is InChI=1S/C6H7N2O3/c1-11-6(10)4-2-3-7-8-5(4)9/h4H,2H2,1H3,(H,8,9). The molecule has 1 N–H and O–H groups in total. The molecular formula is C6H7N2O3. The summed E-state index contributed by atoms with van der Waals surface area (Å²) in [6.45, 7) is 0. The van der Waals surface area contributed by atoms with Crippen LogP contribution in [-0.4, -0.2) is 25.2 Å². The number of hydrogen-bond donors (Lipinski definition) is 1. The molecule has 0 saturated heterocycles. The Kier molecular flexibility index (Phi) is 2.20. The van der Waals surface area contributed by atoms with Gasteiger partial charge >= 0.3 is 5.97 Å². The highest BCUT2D eigenvalue weighted by molar-refractivity contribution is 6.01. The van der Waals surface area contributed by atoms with Crippen molar-refractivity contribution in [3.8, 4) is 0 Å². The summed E-state index contributed by atoms with van der Waals surface area (Å²) in [7, 11) is 1.24. The molecule has 0 saturated carbocycles. The molecule has 0 aromatic rings. The number of methoxy groups -OCH3 is 1. The SMILES string of the molecule is COC(=O)C1C[C]=NNC1=O. The Morgan fingerprint density at radius 2 is 2.64 bits per heavy atom. The van der Waals surface area contributed by atoms with Gasteiger partial charge in [-0.05, 0) is 0 Å². The first-order chi connectivity index (χ1) is 5.25. The molecule has 0 bridgehead atoms. The van der Waals surface area contributed by atoms with Gasteiger partial charge in [0.1, 0.15) is 5.92 Å². The molecule has 1 rings (SSSR count). The molecule has 0 aliphatic carbocycles. The molecule has 1 radical (unpaired) electrons. The second-order valence-corrected chi connectivity index (χ2v) is 2.03. The molecule has 1 amide bonds. The molecule has 5 nitrogen and oxygen atoms in total. The van der Waals surface area contributed by atoms with Crippen LogP contribution in [0.2, 0.25) is 0 Å². The zero-order valence-corrected chi connectivity index (χ0v) is 5.96. The molecule has 0 aromatic carbocycles. The van der Waals surface area contributed by atoms with Gasteiger partial charge in [0, 0.05) is 6.42 Å². The Morgan fingerprint density at radius 1 is 1.91 bits per heavy atom. The lowest BCUT2D eigenvalue weighted by molar-refractivity contribution is -0.149. The number of carbonyl (C=O) groups excluding carboxylic acids is 2. The molecule has 1 unspecified atom stereocenters. The number of hydrazone groups is 1. The Morgan fingerprint density at radius 3 is 3.18 bits per heavy atom. The third kappa shape index (κ3) is 1.54. The number of amides is 1. The van der Waals surface area contributed by atoms with Gasteiger partial charge in [-0.15, -0.1) is 0 Å². The van der Waals surface area contributed by atoms with E-state index < -0.39 is 17.8 Å². The molecule has 5 heteroatoms. The van der Waals surface area contributed by atoms with Crippen molar-refractivity contribution in [3.05, 3.63) is 0 Å². The fourth-order valence-electron chi connectivity index (χ4n) is 0.735. The Bertz CT molecular complexity index is 212. The van der Waals surface area contributed by atoms with E-state index in [0.29, 0.717) is 0 Å². The predicted molar refractivity (Wildman–Crippen MR) is 35.7 cm³/mol. The van der Waals surface area contributed by atoms with Gasteiger partial charge < -0.3 is 4.74 Å². The molecule has 1 heterocycles. The fourth-order valence-corrected chi connectivity index (χ4v) is 0.735. The van der Waals surface area contributed by atoms with E-state index in [1.165, 1.54) is 7.11 Å². The van der Waals surface area contributed by atoms with E-state index in [2.05, 4.69) is 21.5 Å². The van der Waals surface area contributed by atoms with Crippen LogP contribution in [0.1, 0.15) is 6.42 Å². The van der Waals surface area contributed by atoms with Crippen molar-refractivity contribution in [2.45, 2.75) is 6.42 Å². The van der Waals surface area contributed by atoms with Gasteiger partial charge in [0.05, 0.1) is 13.3 Å². The largest absolute Gasteiger partial charge is 0.468 e. The summed E-state index contributed by atoms with van der Waals surface area (Å²) in [5.41, 5.74) is 2.12. The van der Waals surface area contributed by atoms with Crippen LogP contribution in [0.3, 0.4) is 0 Å². The maximum Gasteiger partial charge on any atom is 0.318 e. The van der Waals surface area contributed by atoms with E-state index in [9.17, 15) is 9.59 Å². The number of rotatable bonds is 1. The molecule has 1 atom stereocenters. The van der Waals surface area contributed by atoms with Crippen molar-refractivity contribution < 1.29 is 14.3 Å². The van der Waals surface area contributed by atoms with Gasteiger partial charge in [-0.1, -0.05) is 0 Å². The van der Waals surface area contributed by atoms with Crippen LogP contribution in [0, 0.1) is 5.92 Å². The summed E-state index contributed by atoms with van der Waals surface area (Å²) in [6.07, 6.45) is 2.67. The van der Waals surface area contributed by atoms with E-state index in [4.69, 9.17) is 0 Å². The zero-order valence-electron chi connectivity index (χ0n) is 5.96. The van der Waals surface area contributed by atoms with Crippen LogP contribution in [0.4, 0.5) is 0 Å². The predicted octanol–water partition coefficient (Wildman–Crippen LogP) is -0.842. The van der Waals surface area contributed by atoms with Crippen LogP contribution < -0.4 is 5.43 Å². The molecule has 0 spiro atoms. The summed E-state index contributed by atoms with van der Waals surface area (Å²) < 4.78 is 4.38. The highest BCUT2D eigenvalue weighted by Gasteiger charge is 2.28. The second kappa shape index (κ2) is 3.14. The molecule has 59 valence electrons. The minimum atomic E-state index is -0.780. The van der Waals surface area contributed by atoms with E-state index in [1.54, 1.807) is 0 Å². The molecule has 0 aromatic heterocycles. The van der Waals surface area contributed by atoms with Crippen LogP contribution in [0.15, 0.2) is 5.10 Å². The first-order valence-corrected chi connectivity index (χ1v) is 3.06. The minimum absolute atomic E-state index is 0.193. The number of carbonyl (C=O) groups is 2. The van der Waals surface area contributed by atoms with Crippen molar-refractivity contribution in [1.82, 2.24) is 5.43 Å². The molecule has 0 fully saturated rings. The van der Waals surface area contributed by atoms with Crippen LogP contribution in [-0.2, 0) is 14.3 Å². The lowest BCUT2D eigenvalue weighted by atomic mass is 10.1. The Labute approximate surface area is 63.4 Å². The van der Waals surface area contributed by atoms with Gasteiger partial charge in [-0.2, -0.15) is 5.10 Å². The summed E-state index contributed by atoms with van der Waals surface area (Å²) in [4.78, 5) is 21.7. The average Bonchev–Trinajstić information content (AvgIpc) is 2.04. The van der Waals surface area contributed by atoms with Crippen molar-refractivity contribution >= 4 is 18.1 Å². The summed E-state index contributed by atoms with van der Waals surface area (Å²) >= 11 is 0. The van der Waals surface area contributed by atoms with Gasteiger partial charge in [0.25, 0.3) is 5.91 Å². The molecular weight excluding hydrogens is 148 g/mol. The van der Waals surface area contributed by atoms with E-state index in [-0.39, 0.29) is 6.42 Å². The maximum absolute atomic E-state index is 10.8. The monoisotopic (exact) mass is 155 g/mol. The van der Waals surface area contributed by atoms with Crippen molar-refractivity contribution in [2.24, 2.45) is 11.0 Å². The topological polar surface area (TPSA) is 67.8 Å². The van der Waals surface area contributed by atoms with Crippen LogP contribution >= 0.6 is 0 Å². The Hall–Kier alpha value is -1.39. The normalized spacial score (nSPS) is 22.6. The first-order valence-electron chi connectivity index (χ1n) is 3.06. The lowest BCUT2D eigenvalue weighted by Crippen LogP contribution is -2.36. The van der Waals surface area contributed by atoms with E-state index >= 15 is 0 Å². The minimum Gasteiger partial charge on any atom is -0.468 e. The molecule has 1 aliphatic rings. The quantitative estimate of drug-likeness (QED) is 0.396. The van der Waals surface area contributed by atoms with Crippen molar-refractivity contribution in [1.29, 1.82) is 0 Å². The molecule has 1 aliphatic heterocycles. The zero-order chi connectivity index (χ0) is 8.27. The van der Waals surface area contributed by atoms with E-state index in [0.717, 1.165) is 0 Å². The highest BCUT2D eigenvalue weighted by atomic mass is 16.5. The van der Waals surface area contributed by atoms with Gasteiger partial charge in [-0.25, -0.2) is 5.43 Å². The Balaban J connectivity index is 2.64. The van der Waals surface area contributed by atoms with Crippen LogP contribution in [0.25, 0.3) is 0 Å². The lowest BCUT2D eigenvalue weighted by Gasteiger charge is -2.12. The van der Waals surface area contributed by atoms with Gasteiger partial charge in [-0.3, -0.25) is 9.59 Å². The number of nitrogens with zero attached hydrogens (tertiary/aromatic N) is 1. The summed E-state index contributed by atoms with van der Waals surface area (Å²) in [5.74, 6) is -1.77. The van der Waals surface area contributed by atoms with Crippen molar-refractivity contribution in [3.63, 3.8) is 0 Å². The number of nitrogens with one attached hydrogen (secondary N) is 1. The third-order valence-electron chi connectivity index (χ3n) is 1.34. The summed E-state index contributed by atoms with van der Waals surface area (Å²) in [5, 5.41) is 3.37. The van der Waals surface area contributed by atoms with Crippen molar-refractivity contribution in [2.75, 3.05) is 7.11 Å². The highest BCUT2D eigenvalue weighted by Crippen LogP contribution is 2.06. The van der Waals surface area contributed by atoms with Crippen LogP contribution in [0.5, 0.6) is 0 Å². The fraction of sp³-hybridized carbons (Fsp3) is 0.500. The number of esters is 1. The number of ether oxygens (including phenoxy) is 1. The second-order valence-electron chi connectivity index (χ2n) is 2.03. The van der Waals surface area contributed by atoms with Gasteiger partial charge in [0.15, 0.2) is 0 Å². The average molecular weight is 155 g/mol. The smallest absolute Gasteiger partial charge is 0.318 e. The third-order valence-corrected chi connectivity index (χ3v) is 1.34. The first kappa shape index (κ1) is 7.71. The van der Waals surface area contributed by atoms with Gasteiger partial charge in [0.2, 0.25) is 0 Å².